The number of methoxy groups -OCH3 is 1. The number of primary sulfonamides is 1. The van der Waals surface area contributed by atoms with Crippen LogP contribution in [-0.4, -0.2) is 15.5 Å². The lowest BCUT2D eigenvalue weighted by atomic mass is 10.1. The number of rotatable bonds is 2. The second-order valence-corrected chi connectivity index (χ2v) is 4.86. The van der Waals surface area contributed by atoms with Gasteiger partial charge in [0.15, 0.2) is 0 Å². The highest BCUT2D eigenvalue weighted by molar-refractivity contribution is 7.89. The van der Waals surface area contributed by atoms with Crippen LogP contribution in [0.25, 0.3) is 10.8 Å². The maximum absolute atomic E-state index is 11.5. The molecule has 0 amide bonds. The van der Waals surface area contributed by atoms with Gasteiger partial charge in [-0.25, -0.2) is 13.6 Å². The molecule has 5 heteroatoms. The molecule has 2 N–H and O–H groups in total. The topological polar surface area (TPSA) is 69.4 Å². The molecule has 0 aliphatic heterocycles. The minimum Gasteiger partial charge on any atom is -0.495 e. The summed E-state index contributed by atoms with van der Waals surface area (Å²) in [4.78, 5) is 0.0353. The van der Waals surface area contributed by atoms with Crippen molar-refractivity contribution in [3.63, 3.8) is 0 Å². The summed E-state index contributed by atoms with van der Waals surface area (Å²) in [5.74, 6) is 0.265. The van der Waals surface area contributed by atoms with E-state index in [0.29, 0.717) is 5.39 Å². The average molecular weight is 237 g/mol. The lowest BCUT2D eigenvalue weighted by Crippen LogP contribution is -2.14. The second-order valence-electron chi connectivity index (χ2n) is 3.36. The maximum Gasteiger partial charge on any atom is 0.242 e. The van der Waals surface area contributed by atoms with Gasteiger partial charge in [0.1, 0.15) is 10.6 Å². The van der Waals surface area contributed by atoms with Crippen LogP contribution >= 0.6 is 0 Å². The Kier molecular flexibility index (Phi) is 2.57. The van der Waals surface area contributed by atoms with Crippen LogP contribution in [0, 0.1) is 0 Å². The molecule has 0 radical (unpaired) electrons. The number of hydrogen-bond acceptors (Lipinski definition) is 3. The summed E-state index contributed by atoms with van der Waals surface area (Å²) in [7, 11) is -2.38. The van der Waals surface area contributed by atoms with Gasteiger partial charge in [0, 0.05) is 5.39 Å². The van der Waals surface area contributed by atoms with E-state index in [9.17, 15) is 8.42 Å². The molecule has 0 aliphatic carbocycles. The molecule has 2 aromatic carbocycles. The Morgan fingerprint density at radius 2 is 1.81 bits per heavy atom. The molecule has 0 saturated carbocycles. The third-order valence-electron chi connectivity index (χ3n) is 2.35. The molecule has 2 rings (SSSR count). The van der Waals surface area contributed by atoms with Crippen molar-refractivity contribution in [3.8, 4) is 5.75 Å². The standard InChI is InChI=1S/C11H11NO3S/c1-15-10-7-6-8-4-2-3-5-9(8)11(10)16(12,13)14/h2-7H,1H3,(H2,12,13,14). The number of hydrogen-bond donors (Lipinski definition) is 1. The minimum absolute atomic E-state index is 0.0353. The van der Waals surface area contributed by atoms with E-state index in [2.05, 4.69) is 0 Å². The molecular weight excluding hydrogens is 226 g/mol. The Labute approximate surface area is 93.7 Å². The molecule has 2 aromatic rings. The van der Waals surface area contributed by atoms with Crippen LogP contribution in [0.4, 0.5) is 0 Å². The predicted octanol–water partition coefficient (Wildman–Crippen LogP) is 1.50. The highest BCUT2D eigenvalue weighted by Crippen LogP contribution is 2.30. The van der Waals surface area contributed by atoms with E-state index in [-0.39, 0.29) is 10.6 Å². The zero-order chi connectivity index (χ0) is 11.8. The van der Waals surface area contributed by atoms with Crippen LogP contribution in [0.3, 0.4) is 0 Å². The van der Waals surface area contributed by atoms with Gasteiger partial charge in [-0.15, -0.1) is 0 Å². The first kappa shape index (κ1) is 10.9. The van der Waals surface area contributed by atoms with Crippen LogP contribution < -0.4 is 9.88 Å². The highest BCUT2D eigenvalue weighted by Gasteiger charge is 2.18. The van der Waals surface area contributed by atoms with E-state index >= 15 is 0 Å². The van der Waals surface area contributed by atoms with E-state index in [1.54, 1.807) is 24.3 Å². The van der Waals surface area contributed by atoms with Gasteiger partial charge in [-0.3, -0.25) is 0 Å². The Morgan fingerprint density at radius 1 is 1.12 bits per heavy atom. The minimum atomic E-state index is -3.80. The molecule has 16 heavy (non-hydrogen) atoms. The van der Waals surface area contributed by atoms with E-state index in [4.69, 9.17) is 9.88 Å². The summed E-state index contributed by atoms with van der Waals surface area (Å²) in [5, 5.41) is 6.58. The van der Waals surface area contributed by atoms with Gasteiger partial charge in [-0.2, -0.15) is 0 Å². The molecule has 0 fully saturated rings. The number of nitrogens with two attached hydrogens (primary N) is 1. The molecule has 0 aliphatic rings. The van der Waals surface area contributed by atoms with E-state index in [0.717, 1.165) is 5.39 Å². The summed E-state index contributed by atoms with van der Waals surface area (Å²) in [5.41, 5.74) is 0. The van der Waals surface area contributed by atoms with Crippen molar-refractivity contribution in [2.45, 2.75) is 4.90 Å². The number of sulfonamides is 1. The van der Waals surface area contributed by atoms with Crippen LogP contribution in [-0.2, 0) is 10.0 Å². The van der Waals surface area contributed by atoms with E-state index in [1.165, 1.54) is 7.11 Å². The van der Waals surface area contributed by atoms with Gasteiger partial charge in [-0.1, -0.05) is 30.3 Å². The largest absolute Gasteiger partial charge is 0.495 e. The molecule has 0 atom stereocenters. The third-order valence-corrected chi connectivity index (χ3v) is 3.34. The zero-order valence-corrected chi connectivity index (χ0v) is 9.49. The van der Waals surface area contributed by atoms with Gasteiger partial charge in [-0.05, 0) is 11.5 Å². The summed E-state index contributed by atoms with van der Waals surface area (Å²) in [6.45, 7) is 0. The van der Waals surface area contributed by atoms with Crippen molar-refractivity contribution in [1.29, 1.82) is 0 Å². The van der Waals surface area contributed by atoms with Crippen LogP contribution in [0.5, 0.6) is 5.75 Å². The monoisotopic (exact) mass is 237 g/mol. The SMILES string of the molecule is COc1ccc2ccccc2c1S(N)(=O)=O. The molecular formula is C11H11NO3S. The second kappa shape index (κ2) is 3.77. The molecule has 0 heterocycles. The Hall–Kier alpha value is -1.59. The molecule has 84 valence electrons. The van der Waals surface area contributed by atoms with Crippen molar-refractivity contribution >= 4 is 20.8 Å². The Morgan fingerprint density at radius 3 is 2.44 bits per heavy atom. The van der Waals surface area contributed by atoms with Crippen molar-refractivity contribution in [3.05, 3.63) is 36.4 Å². The van der Waals surface area contributed by atoms with Crippen molar-refractivity contribution in [2.75, 3.05) is 7.11 Å². The van der Waals surface area contributed by atoms with Gasteiger partial charge < -0.3 is 4.74 Å². The zero-order valence-electron chi connectivity index (χ0n) is 8.67. The van der Waals surface area contributed by atoms with Crippen molar-refractivity contribution in [1.82, 2.24) is 0 Å². The van der Waals surface area contributed by atoms with Gasteiger partial charge in [0.05, 0.1) is 7.11 Å². The summed E-state index contributed by atoms with van der Waals surface area (Å²) in [6, 6.07) is 10.5. The first-order chi connectivity index (χ1) is 7.54. The van der Waals surface area contributed by atoms with Crippen LogP contribution in [0.15, 0.2) is 41.3 Å². The first-order valence-corrected chi connectivity index (χ1v) is 6.17. The van der Waals surface area contributed by atoms with E-state index in [1.807, 2.05) is 12.1 Å². The van der Waals surface area contributed by atoms with Crippen LogP contribution in [0.1, 0.15) is 0 Å². The quantitative estimate of drug-likeness (QED) is 0.860. The Balaban J connectivity index is 2.95. The molecule has 4 nitrogen and oxygen atoms in total. The van der Waals surface area contributed by atoms with E-state index < -0.39 is 10.0 Å². The summed E-state index contributed by atoms with van der Waals surface area (Å²) < 4.78 is 28.1. The lowest BCUT2D eigenvalue weighted by molar-refractivity contribution is 0.404. The van der Waals surface area contributed by atoms with Gasteiger partial charge >= 0.3 is 0 Å². The number of benzene rings is 2. The van der Waals surface area contributed by atoms with Gasteiger partial charge in [0.25, 0.3) is 0 Å². The van der Waals surface area contributed by atoms with Gasteiger partial charge in [0.2, 0.25) is 10.0 Å². The molecule has 0 spiro atoms. The Bertz CT molecular complexity index is 635. The summed E-state index contributed by atoms with van der Waals surface area (Å²) >= 11 is 0. The van der Waals surface area contributed by atoms with Crippen molar-refractivity contribution < 1.29 is 13.2 Å². The molecule has 0 unspecified atom stereocenters. The number of fused-ring (bicyclic) bond motifs is 1. The fraction of sp³-hybridized carbons (Fsp3) is 0.0909. The molecule has 0 aromatic heterocycles. The smallest absolute Gasteiger partial charge is 0.242 e. The maximum atomic E-state index is 11.5. The van der Waals surface area contributed by atoms with Crippen molar-refractivity contribution in [2.24, 2.45) is 5.14 Å². The highest BCUT2D eigenvalue weighted by atomic mass is 32.2. The normalized spacial score (nSPS) is 11.6. The van der Waals surface area contributed by atoms with Crippen LogP contribution in [0.2, 0.25) is 0 Å². The number of ether oxygens (including phenoxy) is 1. The third kappa shape index (κ3) is 1.75. The predicted molar refractivity (Wildman–Crippen MR) is 61.9 cm³/mol. The lowest BCUT2D eigenvalue weighted by Gasteiger charge is -2.09. The molecule has 0 bridgehead atoms. The molecule has 0 saturated heterocycles. The summed E-state index contributed by atoms with van der Waals surface area (Å²) in [6.07, 6.45) is 0. The first-order valence-electron chi connectivity index (χ1n) is 4.62. The average Bonchev–Trinajstić information content (AvgIpc) is 2.26. The fourth-order valence-electron chi connectivity index (χ4n) is 1.68. The fourth-order valence-corrected chi connectivity index (χ4v) is 2.60.